The van der Waals surface area contributed by atoms with E-state index in [1.165, 1.54) is 18.7 Å². The molecule has 2 aromatic carbocycles. The Morgan fingerprint density at radius 3 is 2.41 bits per heavy atom. The predicted octanol–water partition coefficient (Wildman–Crippen LogP) is 4.89. The van der Waals surface area contributed by atoms with E-state index in [-0.39, 0.29) is 24.0 Å². The normalized spacial score (nSPS) is 16.8. The van der Waals surface area contributed by atoms with Gasteiger partial charge in [0.2, 0.25) is 11.8 Å². The number of amidine groups is 1. The van der Waals surface area contributed by atoms with Crippen LogP contribution in [0.4, 0.5) is 11.4 Å². The quantitative estimate of drug-likeness (QED) is 0.385. The van der Waals surface area contributed by atoms with Crippen LogP contribution in [0.1, 0.15) is 48.2 Å². The van der Waals surface area contributed by atoms with Crippen molar-refractivity contribution in [3.8, 4) is 0 Å². The average Bonchev–Trinajstić information content (AvgIpc) is 3.08. The molecule has 0 saturated carbocycles. The fraction of sp³-hybridized carbons (Fsp3) is 0.385. The summed E-state index contributed by atoms with van der Waals surface area (Å²) < 4.78 is 5.43. The summed E-state index contributed by atoms with van der Waals surface area (Å²) in [5.41, 5.74) is 4.08. The molecule has 1 fully saturated rings. The lowest BCUT2D eigenvalue weighted by atomic mass is 10.1. The second-order valence-electron chi connectivity index (χ2n) is 8.17. The smallest absolute Gasteiger partial charge is 0.242 e. The SMILES string of the molecule is CCOCCCN1C(=O)C(CC(=O)Nc2ccc(C(C)=O)cc2)SC1=Nc1c(C)cccc1C. The van der Waals surface area contributed by atoms with Gasteiger partial charge in [-0.1, -0.05) is 30.0 Å². The molecule has 0 aromatic heterocycles. The monoisotopic (exact) mass is 481 g/mol. The Labute approximate surface area is 205 Å². The van der Waals surface area contributed by atoms with Crippen molar-refractivity contribution in [3.05, 3.63) is 59.2 Å². The number of para-hydroxylation sites is 1. The molecule has 180 valence electrons. The number of carbonyl (C=O) groups is 3. The number of ether oxygens (including phenoxy) is 1. The van der Waals surface area contributed by atoms with Gasteiger partial charge in [-0.3, -0.25) is 19.3 Å². The number of anilines is 1. The topological polar surface area (TPSA) is 88.1 Å². The van der Waals surface area contributed by atoms with Crippen LogP contribution in [-0.2, 0) is 14.3 Å². The van der Waals surface area contributed by atoms with Gasteiger partial charge in [-0.2, -0.15) is 0 Å². The molecule has 2 amide bonds. The average molecular weight is 482 g/mol. The first-order chi connectivity index (χ1) is 16.3. The van der Waals surface area contributed by atoms with Crippen molar-refractivity contribution in [1.82, 2.24) is 4.90 Å². The summed E-state index contributed by atoms with van der Waals surface area (Å²) in [4.78, 5) is 43.9. The van der Waals surface area contributed by atoms with E-state index in [0.717, 1.165) is 16.8 Å². The Kier molecular flexibility index (Phi) is 9.01. The van der Waals surface area contributed by atoms with Crippen LogP contribution < -0.4 is 5.32 Å². The molecule has 3 rings (SSSR count). The second-order valence-corrected chi connectivity index (χ2v) is 9.34. The van der Waals surface area contributed by atoms with Gasteiger partial charge in [0, 0.05) is 37.4 Å². The number of hydrogen-bond donors (Lipinski definition) is 1. The maximum absolute atomic E-state index is 13.2. The number of amides is 2. The third kappa shape index (κ3) is 6.55. The number of carbonyl (C=O) groups excluding carboxylic acids is 3. The van der Waals surface area contributed by atoms with E-state index in [2.05, 4.69) is 5.32 Å². The minimum absolute atomic E-state index is 0.0334. The summed E-state index contributed by atoms with van der Waals surface area (Å²) in [5, 5.41) is 2.88. The number of benzene rings is 2. The molecule has 8 heteroatoms. The molecule has 1 unspecified atom stereocenters. The lowest BCUT2D eigenvalue weighted by Crippen LogP contribution is -2.34. The van der Waals surface area contributed by atoms with E-state index in [1.54, 1.807) is 29.2 Å². The van der Waals surface area contributed by atoms with Crippen LogP contribution in [0.3, 0.4) is 0 Å². The van der Waals surface area contributed by atoms with Crippen LogP contribution in [0, 0.1) is 13.8 Å². The van der Waals surface area contributed by atoms with E-state index in [9.17, 15) is 14.4 Å². The Morgan fingerprint density at radius 1 is 1.12 bits per heavy atom. The fourth-order valence-electron chi connectivity index (χ4n) is 3.65. The Morgan fingerprint density at radius 2 is 1.79 bits per heavy atom. The minimum Gasteiger partial charge on any atom is -0.382 e. The third-order valence-electron chi connectivity index (χ3n) is 5.49. The molecule has 1 heterocycles. The number of nitrogens with one attached hydrogen (secondary N) is 1. The molecule has 0 bridgehead atoms. The fourth-order valence-corrected chi connectivity index (χ4v) is 4.82. The van der Waals surface area contributed by atoms with Crippen LogP contribution in [-0.4, -0.2) is 52.7 Å². The highest BCUT2D eigenvalue weighted by Crippen LogP contribution is 2.34. The van der Waals surface area contributed by atoms with Crippen LogP contribution in [0.5, 0.6) is 0 Å². The summed E-state index contributed by atoms with van der Waals surface area (Å²) in [6.07, 6.45) is 0.721. The molecule has 7 nitrogen and oxygen atoms in total. The summed E-state index contributed by atoms with van der Waals surface area (Å²) in [5.74, 6) is -0.413. The van der Waals surface area contributed by atoms with E-state index >= 15 is 0 Å². The van der Waals surface area contributed by atoms with Crippen molar-refractivity contribution in [2.24, 2.45) is 4.99 Å². The largest absolute Gasteiger partial charge is 0.382 e. The van der Waals surface area contributed by atoms with E-state index in [4.69, 9.17) is 9.73 Å². The molecule has 2 aromatic rings. The van der Waals surface area contributed by atoms with Crippen molar-refractivity contribution in [1.29, 1.82) is 0 Å². The highest BCUT2D eigenvalue weighted by Gasteiger charge is 2.39. The Balaban J connectivity index is 1.74. The zero-order chi connectivity index (χ0) is 24.7. The van der Waals surface area contributed by atoms with Gasteiger partial charge in [0.05, 0.1) is 5.69 Å². The number of thioether (sulfide) groups is 1. The number of Topliss-reactive ketones (excluding diaryl/α,β-unsaturated/α-hetero) is 1. The van der Waals surface area contributed by atoms with Crippen molar-refractivity contribution in [2.45, 2.75) is 45.8 Å². The molecule has 1 aliphatic heterocycles. The summed E-state index contributed by atoms with van der Waals surface area (Å²) in [7, 11) is 0. The molecule has 1 saturated heterocycles. The highest BCUT2D eigenvalue weighted by molar-refractivity contribution is 8.15. The van der Waals surface area contributed by atoms with Crippen molar-refractivity contribution in [3.63, 3.8) is 0 Å². The zero-order valence-electron chi connectivity index (χ0n) is 20.1. The first-order valence-electron chi connectivity index (χ1n) is 11.4. The standard InChI is InChI=1S/C26H31N3O4S/c1-5-33-15-7-14-29-25(32)22(34-26(29)28-24-17(2)8-6-9-18(24)3)16-23(31)27-21-12-10-20(11-13-21)19(4)30/h6,8-13,22H,5,7,14-16H2,1-4H3,(H,27,31). The van der Waals surface area contributed by atoms with E-state index in [0.29, 0.717) is 42.6 Å². The van der Waals surface area contributed by atoms with Crippen molar-refractivity contribution in [2.75, 3.05) is 25.1 Å². The number of ketones is 1. The lowest BCUT2D eigenvalue weighted by Gasteiger charge is -2.17. The van der Waals surface area contributed by atoms with Crippen LogP contribution in [0.25, 0.3) is 0 Å². The van der Waals surface area contributed by atoms with E-state index < -0.39 is 5.25 Å². The molecule has 0 aliphatic carbocycles. The van der Waals surface area contributed by atoms with Gasteiger partial charge in [-0.05, 0) is 69.5 Å². The van der Waals surface area contributed by atoms with Crippen LogP contribution >= 0.6 is 11.8 Å². The lowest BCUT2D eigenvalue weighted by molar-refractivity contribution is -0.128. The van der Waals surface area contributed by atoms with Gasteiger partial charge in [-0.15, -0.1) is 0 Å². The van der Waals surface area contributed by atoms with Crippen LogP contribution in [0.15, 0.2) is 47.5 Å². The number of nitrogens with zero attached hydrogens (tertiary/aromatic N) is 2. The molecule has 34 heavy (non-hydrogen) atoms. The van der Waals surface area contributed by atoms with Gasteiger partial charge in [0.1, 0.15) is 5.25 Å². The maximum Gasteiger partial charge on any atom is 0.242 e. The first-order valence-corrected chi connectivity index (χ1v) is 12.3. The highest BCUT2D eigenvalue weighted by atomic mass is 32.2. The molecular weight excluding hydrogens is 450 g/mol. The van der Waals surface area contributed by atoms with Crippen molar-refractivity contribution < 1.29 is 19.1 Å². The summed E-state index contributed by atoms with van der Waals surface area (Å²) in [6.45, 7) is 9.10. The van der Waals surface area contributed by atoms with E-state index in [1.807, 2.05) is 39.0 Å². The van der Waals surface area contributed by atoms with Gasteiger partial charge in [0.25, 0.3) is 0 Å². The molecule has 0 spiro atoms. The summed E-state index contributed by atoms with van der Waals surface area (Å²) in [6, 6.07) is 12.7. The molecule has 1 N–H and O–H groups in total. The number of rotatable bonds is 10. The van der Waals surface area contributed by atoms with Crippen LogP contribution in [0.2, 0.25) is 0 Å². The van der Waals surface area contributed by atoms with Gasteiger partial charge < -0.3 is 10.1 Å². The van der Waals surface area contributed by atoms with Gasteiger partial charge in [0.15, 0.2) is 11.0 Å². The van der Waals surface area contributed by atoms with Gasteiger partial charge in [-0.25, -0.2) is 4.99 Å². The Hall–Kier alpha value is -2.97. The number of hydrogen-bond acceptors (Lipinski definition) is 6. The predicted molar refractivity (Wildman–Crippen MR) is 137 cm³/mol. The molecule has 1 aliphatic rings. The molecule has 0 radical (unpaired) electrons. The first kappa shape index (κ1) is 25.6. The maximum atomic E-state index is 13.2. The number of aryl methyl sites for hydroxylation is 2. The number of aliphatic imine (C=N–C) groups is 1. The van der Waals surface area contributed by atoms with Gasteiger partial charge >= 0.3 is 0 Å². The minimum atomic E-state index is -0.549. The zero-order valence-corrected chi connectivity index (χ0v) is 20.9. The molecular formula is C26H31N3O4S. The van der Waals surface area contributed by atoms with Crippen molar-refractivity contribution >= 4 is 45.9 Å². The second kappa shape index (κ2) is 11.9. The Bertz CT molecular complexity index is 1060. The third-order valence-corrected chi connectivity index (χ3v) is 6.66. The summed E-state index contributed by atoms with van der Waals surface area (Å²) >= 11 is 1.33. The molecule has 1 atom stereocenters.